The average Bonchev–Trinajstić information content (AvgIpc) is 2.34. The number of nitrogens with zero attached hydrogens (tertiary/aromatic N) is 1. The Bertz CT molecular complexity index is 411. The molecule has 0 N–H and O–H groups in total. The molecule has 1 aliphatic rings. The fourth-order valence-electron chi connectivity index (χ4n) is 2.37. The van der Waals surface area contributed by atoms with Crippen LogP contribution in [0.5, 0.6) is 0 Å². The maximum Gasteiger partial charge on any atom is 0.227 e. The van der Waals surface area contributed by atoms with Gasteiger partial charge in [0.1, 0.15) is 0 Å². The molecule has 0 saturated heterocycles. The summed E-state index contributed by atoms with van der Waals surface area (Å²) in [6.07, 6.45) is 6.07. The molecule has 2 nitrogen and oxygen atoms in total. The zero-order valence-electron chi connectivity index (χ0n) is 10.5. The van der Waals surface area contributed by atoms with Gasteiger partial charge in [-0.25, -0.2) is 0 Å². The van der Waals surface area contributed by atoms with Gasteiger partial charge in [-0.2, -0.15) is 0 Å². The van der Waals surface area contributed by atoms with Crippen LogP contribution in [-0.2, 0) is 17.6 Å². The molecule has 0 saturated carbocycles. The van der Waals surface area contributed by atoms with Crippen LogP contribution < -0.4 is 4.90 Å². The van der Waals surface area contributed by atoms with E-state index in [1.165, 1.54) is 24.0 Å². The van der Waals surface area contributed by atoms with E-state index in [0.717, 1.165) is 24.9 Å². The Morgan fingerprint density at radius 1 is 1.29 bits per heavy atom. The molecule has 0 atom stereocenters. The molecule has 17 heavy (non-hydrogen) atoms. The van der Waals surface area contributed by atoms with Gasteiger partial charge in [-0.15, -0.1) is 0 Å². The Labute approximate surface area is 104 Å². The lowest BCUT2D eigenvalue weighted by molar-refractivity contribution is -0.118. The molecule has 1 amide bonds. The first-order chi connectivity index (χ1) is 8.22. The summed E-state index contributed by atoms with van der Waals surface area (Å²) in [4.78, 5) is 13.3. The molecule has 1 aromatic carbocycles. The highest BCUT2D eigenvalue weighted by Crippen LogP contribution is 2.27. The topological polar surface area (TPSA) is 20.3 Å². The summed E-state index contributed by atoms with van der Waals surface area (Å²) in [6.45, 7) is 3.86. The van der Waals surface area contributed by atoms with Crippen LogP contribution in [0.1, 0.15) is 36.8 Å². The minimum atomic E-state index is 0.224. The summed E-state index contributed by atoms with van der Waals surface area (Å²) >= 11 is 0. The highest BCUT2D eigenvalue weighted by atomic mass is 16.2. The number of hydrogen-bond donors (Lipinski definition) is 0. The predicted octanol–water partition coefficient (Wildman–Crippen LogP) is 3.14. The maximum atomic E-state index is 11.6. The van der Waals surface area contributed by atoms with Gasteiger partial charge < -0.3 is 4.90 Å². The molecular formula is C15H20NO. The predicted molar refractivity (Wildman–Crippen MR) is 71.1 cm³/mol. The van der Waals surface area contributed by atoms with E-state index in [1.807, 2.05) is 7.05 Å². The summed E-state index contributed by atoms with van der Waals surface area (Å²) in [5, 5.41) is 0. The van der Waals surface area contributed by atoms with Crippen molar-refractivity contribution in [1.29, 1.82) is 0 Å². The average molecular weight is 230 g/mol. The minimum absolute atomic E-state index is 0.224. The van der Waals surface area contributed by atoms with Crippen LogP contribution in [-0.4, -0.2) is 13.0 Å². The summed E-state index contributed by atoms with van der Waals surface area (Å²) in [7, 11) is 1.86. The first-order valence-corrected chi connectivity index (χ1v) is 6.40. The molecule has 1 aliphatic heterocycles. The second-order valence-electron chi connectivity index (χ2n) is 4.73. The van der Waals surface area contributed by atoms with Crippen molar-refractivity contribution in [2.75, 3.05) is 11.9 Å². The number of fused-ring (bicyclic) bond motifs is 1. The van der Waals surface area contributed by atoms with E-state index in [2.05, 4.69) is 25.1 Å². The number of anilines is 1. The highest BCUT2D eigenvalue weighted by molar-refractivity contribution is 5.95. The van der Waals surface area contributed by atoms with Crippen molar-refractivity contribution in [1.82, 2.24) is 0 Å². The lowest BCUT2D eigenvalue weighted by Gasteiger charge is -2.26. The Balaban J connectivity index is 2.12. The molecule has 0 fully saturated rings. The van der Waals surface area contributed by atoms with Crippen molar-refractivity contribution in [2.45, 2.75) is 38.5 Å². The molecule has 2 rings (SSSR count). The zero-order chi connectivity index (χ0) is 12.3. The molecule has 1 heterocycles. The van der Waals surface area contributed by atoms with Gasteiger partial charge >= 0.3 is 0 Å². The number of rotatable bonds is 4. The molecule has 0 aliphatic carbocycles. The zero-order valence-corrected chi connectivity index (χ0v) is 10.5. The van der Waals surface area contributed by atoms with Crippen molar-refractivity contribution in [3.05, 3.63) is 36.2 Å². The van der Waals surface area contributed by atoms with Gasteiger partial charge in [-0.1, -0.05) is 31.9 Å². The van der Waals surface area contributed by atoms with Gasteiger partial charge in [0.05, 0.1) is 0 Å². The minimum Gasteiger partial charge on any atom is -0.315 e. The standard InChI is InChI=1S/C15H20NO/c1-3-4-5-6-12-7-9-14-13(11-12)8-10-15(17)16(14)2/h7,9,11H,1,3-6,8,10H2,2H3. The van der Waals surface area contributed by atoms with Crippen LogP contribution in [0.25, 0.3) is 0 Å². The fraction of sp³-hybridized carbons (Fsp3) is 0.467. The van der Waals surface area contributed by atoms with Gasteiger partial charge in [0.15, 0.2) is 0 Å². The smallest absolute Gasteiger partial charge is 0.227 e. The van der Waals surface area contributed by atoms with Crippen molar-refractivity contribution < 1.29 is 4.79 Å². The Morgan fingerprint density at radius 3 is 2.88 bits per heavy atom. The van der Waals surface area contributed by atoms with E-state index < -0.39 is 0 Å². The Morgan fingerprint density at radius 2 is 2.12 bits per heavy atom. The Hall–Kier alpha value is -1.31. The first kappa shape index (κ1) is 12.2. The second-order valence-corrected chi connectivity index (χ2v) is 4.73. The third-order valence-electron chi connectivity index (χ3n) is 3.45. The van der Waals surface area contributed by atoms with Crippen molar-refractivity contribution in [3.8, 4) is 0 Å². The number of benzene rings is 1. The molecule has 1 aromatic rings. The number of aryl methyl sites for hydroxylation is 2. The normalized spacial score (nSPS) is 14.9. The number of carbonyl (C=O) groups excluding carboxylic acids is 1. The summed E-state index contributed by atoms with van der Waals surface area (Å²) in [5.41, 5.74) is 3.79. The SMILES string of the molecule is [CH2]CCCCc1ccc2c(c1)CCC(=O)N2C. The number of hydrogen-bond acceptors (Lipinski definition) is 1. The van der Waals surface area contributed by atoms with E-state index in [-0.39, 0.29) is 5.91 Å². The van der Waals surface area contributed by atoms with Crippen LogP contribution in [0, 0.1) is 6.92 Å². The quantitative estimate of drug-likeness (QED) is 0.728. The number of amides is 1. The lowest BCUT2D eigenvalue weighted by atomic mass is 9.97. The van der Waals surface area contributed by atoms with E-state index >= 15 is 0 Å². The molecule has 0 bridgehead atoms. The summed E-state index contributed by atoms with van der Waals surface area (Å²) in [5.74, 6) is 0.224. The van der Waals surface area contributed by atoms with Crippen LogP contribution in [0.4, 0.5) is 5.69 Å². The third kappa shape index (κ3) is 2.68. The first-order valence-electron chi connectivity index (χ1n) is 6.40. The molecule has 0 aromatic heterocycles. The summed E-state index contributed by atoms with van der Waals surface area (Å²) in [6, 6.07) is 6.50. The molecule has 2 heteroatoms. The molecule has 0 unspecified atom stereocenters. The molecule has 0 spiro atoms. The van der Waals surface area contributed by atoms with Gasteiger partial charge in [0, 0.05) is 19.2 Å². The largest absolute Gasteiger partial charge is 0.315 e. The van der Waals surface area contributed by atoms with Crippen LogP contribution >= 0.6 is 0 Å². The van der Waals surface area contributed by atoms with Gasteiger partial charge in [-0.3, -0.25) is 4.79 Å². The van der Waals surface area contributed by atoms with Crippen LogP contribution in [0.15, 0.2) is 18.2 Å². The van der Waals surface area contributed by atoms with Crippen molar-refractivity contribution in [2.24, 2.45) is 0 Å². The molecular weight excluding hydrogens is 210 g/mol. The van der Waals surface area contributed by atoms with Crippen LogP contribution in [0.2, 0.25) is 0 Å². The highest BCUT2D eigenvalue weighted by Gasteiger charge is 2.20. The fourth-order valence-corrected chi connectivity index (χ4v) is 2.37. The van der Waals surface area contributed by atoms with Gasteiger partial charge in [0.25, 0.3) is 0 Å². The molecule has 91 valence electrons. The maximum absolute atomic E-state index is 11.6. The summed E-state index contributed by atoms with van der Waals surface area (Å²) < 4.78 is 0. The van der Waals surface area contributed by atoms with Crippen LogP contribution in [0.3, 0.4) is 0 Å². The van der Waals surface area contributed by atoms with Gasteiger partial charge in [0.2, 0.25) is 5.91 Å². The lowest BCUT2D eigenvalue weighted by Crippen LogP contribution is -2.31. The van der Waals surface area contributed by atoms with Crippen molar-refractivity contribution in [3.63, 3.8) is 0 Å². The number of carbonyl (C=O) groups is 1. The van der Waals surface area contributed by atoms with Crippen molar-refractivity contribution >= 4 is 11.6 Å². The van der Waals surface area contributed by atoms with E-state index in [0.29, 0.717) is 6.42 Å². The number of unbranched alkanes of at least 4 members (excludes halogenated alkanes) is 2. The van der Waals surface area contributed by atoms with E-state index in [1.54, 1.807) is 4.90 Å². The van der Waals surface area contributed by atoms with Gasteiger partial charge in [-0.05, 0) is 36.5 Å². The monoisotopic (exact) mass is 230 g/mol. The second kappa shape index (κ2) is 5.35. The third-order valence-corrected chi connectivity index (χ3v) is 3.45. The van der Waals surface area contributed by atoms with E-state index in [9.17, 15) is 4.79 Å². The molecule has 1 radical (unpaired) electrons. The van der Waals surface area contributed by atoms with E-state index in [4.69, 9.17) is 0 Å². The Kier molecular flexibility index (Phi) is 3.82.